The number of allylic oxidation sites excluding steroid dienone is 6. The van der Waals surface area contributed by atoms with Crippen molar-refractivity contribution >= 4 is 33.7 Å². The first-order valence-corrected chi connectivity index (χ1v) is 27.2. The summed E-state index contributed by atoms with van der Waals surface area (Å²) in [4.78, 5) is 0. The van der Waals surface area contributed by atoms with E-state index >= 15 is 0 Å². The maximum absolute atomic E-state index is 7.03. The second kappa shape index (κ2) is 13.4. The third kappa shape index (κ3) is 8.10. The Morgan fingerprint density at radius 2 is 1.15 bits per heavy atom. The van der Waals surface area contributed by atoms with Crippen LogP contribution in [0.25, 0.3) is 0 Å². The summed E-state index contributed by atoms with van der Waals surface area (Å²) in [5.41, 5.74) is 6.50. The van der Waals surface area contributed by atoms with Gasteiger partial charge in [0.1, 0.15) is 0 Å². The molecular formula is C32H53Cl2O2Si2Zr-. The SMILES string of the molecule is CC(C)(C)[Si](C)(C)OC1=CC2=C(CCCC2)C1[CH-]CC1C(O[Si](C)(C)C(C)(C)C)=CC2=C1CCCC2.[Cl][Zr][Cl]. The number of halogens is 2. The average molecular weight is 688 g/mol. The summed E-state index contributed by atoms with van der Waals surface area (Å²) in [5.74, 6) is 3.31. The van der Waals surface area contributed by atoms with Crippen LogP contribution in [0.4, 0.5) is 0 Å². The van der Waals surface area contributed by atoms with Gasteiger partial charge < -0.3 is 15.3 Å². The third-order valence-corrected chi connectivity index (χ3v) is 18.9. The summed E-state index contributed by atoms with van der Waals surface area (Å²) in [6.45, 7) is 23.7. The van der Waals surface area contributed by atoms with Crippen LogP contribution >= 0.6 is 17.0 Å². The van der Waals surface area contributed by atoms with Gasteiger partial charge in [-0.1, -0.05) is 58.6 Å². The summed E-state index contributed by atoms with van der Waals surface area (Å²) in [5, 5.41) is 0.424. The minimum atomic E-state index is -1.89. The molecule has 4 rings (SSSR count). The van der Waals surface area contributed by atoms with Gasteiger partial charge in [0.2, 0.25) is 16.6 Å². The summed E-state index contributed by atoms with van der Waals surface area (Å²) in [6.07, 6.45) is 18.8. The van der Waals surface area contributed by atoms with Crippen molar-refractivity contribution in [1.82, 2.24) is 0 Å². The molecule has 4 aliphatic carbocycles. The van der Waals surface area contributed by atoms with Crippen molar-refractivity contribution in [3.8, 4) is 0 Å². The molecule has 220 valence electrons. The van der Waals surface area contributed by atoms with Gasteiger partial charge >= 0.3 is 37.9 Å². The first-order chi connectivity index (χ1) is 18.0. The van der Waals surface area contributed by atoms with Crippen LogP contribution in [0.3, 0.4) is 0 Å². The number of hydrogen-bond donors (Lipinski definition) is 0. The molecule has 0 bridgehead atoms. The molecule has 39 heavy (non-hydrogen) atoms. The fraction of sp³-hybridized carbons (Fsp3) is 0.719. The number of hydrogen-bond acceptors (Lipinski definition) is 2. The molecule has 2 nitrogen and oxygen atoms in total. The van der Waals surface area contributed by atoms with Gasteiger partial charge in [-0.15, -0.1) is 0 Å². The van der Waals surface area contributed by atoms with Crippen LogP contribution in [0, 0.1) is 18.3 Å². The molecule has 2 unspecified atom stereocenters. The van der Waals surface area contributed by atoms with Gasteiger partial charge in [0, 0.05) is 5.92 Å². The molecule has 0 aromatic rings. The van der Waals surface area contributed by atoms with Gasteiger partial charge in [-0.2, -0.15) is 6.42 Å². The van der Waals surface area contributed by atoms with Crippen molar-refractivity contribution in [3.05, 3.63) is 52.4 Å². The van der Waals surface area contributed by atoms with E-state index in [1.54, 1.807) is 22.3 Å². The van der Waals surface area contributed by atoms with Crippen LogP contribution in [0.2, 0.25) is 36.3 Å². The van der Waals surface area contributed by atoms with Crippen molar-refractivity contribution in [1.29, 1.82) is 0 Å². The summed E-state index contributed by atoms with van der Waals surface area (Å²) < 4.78 is 14.0. The third-order valence-electron chi connectivity index (χ3n) is 10.2. The predicted octanol–water partition coefficient (Wildman–Crippen LogP) is 11.8. The molecule has 0 N–H and O–H groups in total. The average Bonchev–Trinajstić information content (AvgIpc) is 3.33. The normalized spacial score (nSPS) is 23.9. The van der Waals surface area contributed by atoms with E-state index in [9.17, 15) is 0 Å². The molecule has 4 aliphatic rings. The van der Waals surface area contributed by atoms with Crippen LogP contribution in [-0.4, -0.2) is 16.6 Å². The van der Waals surface area contributed by atoms with Gasteiger partial charge in [0.25, 0.3) is 0 Å². The van der Waals surface area contributed by atoms with Crippen molar-refractivity contribution < 1.29 is 29.7 Å². The molecule has 2 atom stereocenters. The first kappa shape index (κ1) is 34.0. The fourth-order valence-corrected chi connectivity index (χ4v) is 7.92. The topological polar surface area (TPSA) is 18.5 Å². The molecule has 0 saturated carbocycles. The molecule has 0 saturated heterocycles. The maximum atomic E-state index is 7.03. The van der Waals surface area contributed by atoms with Crippen LogP contribution in [0.5, 0.6) is 0 Å². The minimum absolute atomic E-state index is 0.210. The monoisotopic (exact) mass is 685 g/mol. The van der Waals surface area contributed by atoms with E-state index in [2.05, 4.69) is 86.3 Å². The van der Waals surface area contributed by atoms with E-state index in [-0.39, 0.29) is 10.1 Å². The molecule has 0 amide bonds. The molecule has 0 radical (unpaired) electrons. The predicted molar refractivity (Wildman–Crippen MR) is 171 cm³/mol. The van der Waals surface area contributed by atoms with E-state index in [1.165, 1.54) is 62.9 Å². The molecule has 0 spiro atoms. The molecule has 7 heteroatoms. The van der Waals surface area contributed by atoms with Crippen molar-refractivity contribution in [2.75, 3.05) is 0 Å². The molecule has 0 aliphatic heterocycles. The van der Waals surface area contributed by atoms with Crippen LogP contribution in [0.1, 0.15) is 99.3 Å². The zero-order valence-corrected chi connectivity index (χ0v) is 32.3. The van der Waals surface area contributed by atoms with Crippen molar-refractivity contribution in [2.24, 2.45) is 11.8 Å². The van der Waals surface area contributed by atoms with Gasteiger partial charge in [-0.05, 0) is 111 Å². The Labute approximate surface area is 261 Å². The van der Waals surface area contributed by atoms with Gasteiger partial charge in [0.05, 0.1) is 11.5 Å². The van der Waals surface area contributed by atoms with Crippen molar-refractivity contribution in [3.63, 3.8) is 0 Å². The number of rotatable bonds is 7. The molecular weight excluding hydrogens is 635 g/mol. The standard InChI is InChI=1S/C32H53O2Si2.2ClH.Zr/c1-31(2,3)35(7,8)33-29-21-23-15-11-13-17-25(23)27(29)19-20-28-26-18-14-12-16-24(26)22-30(28)34-36(9,10)32(4,5)6;;;/h19,21-22,27-28H,11-18,20H2,1-10H3;2*1H;/q-1;;;+2/p-2. The first-order valence-electron chi connectivity index (χ1n) is 15.1. The van der Waals surface area contributed by atoms with Crippen LogP contribution in [0.15, 0.2) is 46.0 Å². The van der Waals surface area contributed by atoms with Gasteiger partial charge in [-0.25, -0.2) is 0 Å². The Morgan fingerprint density at radius 3 is 1.67 bits per heavy atom. The summed E-state index contributed by atoms with van der Waals surface area (Å²) in [6, 6.07) is 0. The Balaban J connectivity index is 0.00000134. The van der Waals surface area contributed by atoms with Crippen LogP contribution < -0.4 is 0 Å². The van der Waals surface area contributed by atoms with Crippen molar-refractivity contribution in [2.45, 2.75) is 136 Å². The van der Waals surface area contributed by atoms with E-state index in [0.717, 1.165) is 6.42 Å². The van der Waals surface area contributed by atoms with E-state index in [4.69, 9.17) is 25.9 Å². The Morgan fingerprint density at radius 1 is 0.744 bits per heavy atom. The van der Waals surface area contributed by atoms with E-state index < -0.39 is 37.5 Å². The molecule has 0 aromatic heterocycles. The fourth-order valence-electron chi connectivity index (χ4n) is 5.74. The quantitative estimate of drug-likeness (QED) is 0.196. The molecule has 0 heterocycles. The second-order valence-electron chi connectivity index (χ2n) is 14.9. The summed E-state index contributed by atoms with van der Waals surface area (Å²) in [7, 11) is 6.10. The van der Waals surface area contributed by atoms with Gasteiger partial charge in [-0.3, -0.25) is 0 Å². The Bertz CT molecular complexity index is 932. The van der Waals surface area contributed by atoms with E-state index in [1.807, 2.05) is 0 Å². The van der Waals surface area contributed by atoms with Crippen LogP contribution in [-0.2, 0) is 29.7 Å². The van der Waals surface area contributed by atoms with E-state index in [0.29, 0.717) is 11.8 Å². The zero-order chi connectivity index (χ0) is 29.2. The Kier molecular flexibility index (Phi) is 11.7. The molecule has 0 aromatic carbocycles. The zero-order valence-electron chi connectivity index (χ0n) is 26.3. The Hall–Kier alpha value is 0.457. The van der Waals surface area contributed by atoms with Gasteiger partial charge in [0.15, 0.2) is 0 Å². The summed E-state index contributed by atoms with van der Waals surface area (Å²) >= 11 is -0.826. The second-order valence-corrected chi connectivity index (χ2v) is 28.1. The molecule has 0 fully saturated rings.